The van der Waals surface area contributed by atoms with Crippen molar-refractivity contribution in [3.05, 3.63) is 10.6 Å². The predicted octanol–water partition coefficient (Wildman–Crippen LogP) is 5.24. The molecule has 0 spiro atoms. The van der Waals surface area contributed by atoms with Gasteiger partial charge in [-0.05, 0) is 73.7 Å². The van der Waals surface area contributed by atoms with E-state index < -0.39 is 17.5 Å². The Kier molecular flexibility index (Phi) is 4.32. The molecule has 0 aromatic carbocycles. The Morgan fingerprint density at radius 3 is 2.50 bits per heavy atom. The maximum absolute atomic E-state index is 13.7. The number of carbonyl (C=O) groups is 1. The van der Waals surface area contributed by atoms with Gasteiger partial charge in [-0.2, -0.15) is 13.2 Å². The molecule has 146 valence electrons. The van der Waals surface area contributed by atoms with E-state index in [0.29, 0.717) is 37.1 Å². The van der Waals surface area contributed by atoms with Gasteiger partial charge in [0.1, 0.15) is 0 Å². The van der Waals surface area contributed by atoms with Crippen LogP contribution in [0.5, 0.6) is 0 Å². The highest BCUT2D eigenvalue weighted by Crippen LogP contribution is 2.68. The van der Waals surface area contributed by atoms with Gasteiger partial charge in [-0.3, -0.25) is 4.79 Å². The second kappa shape index (κ2) is 5.97. The number of allylic oxidation sites excluding steroid dienone is 1. The smallest absolute Gasteiger partial charge is 0.392 e. The van der Waals surface area contributed by atoms with Gasteiger partial charge < -0.3 is 5.11 Å². The van der Waals surface area contributed by atoms with Crippen LogP contribution in [0.1, 0.15) is 58.3 Å². The third-order valence-corrected chi connectivity index (χ3v) is 8.90. The maximum atomic E-state index is 13.7. The van der Waals surface area contributed by atoms with Crippen molar-refractivity contribution in [2.45, 2.75) is 64.5 Å². The van der Waals surface area contributed by atoms with Crippen molar-refractivity contribution in [2.24, 2.45) is 34.5 Å². The molecule has 0 heterocycles. The summed E-state index contributed by atoms with van der Waals surface area (Å²) in [6, 6.07) is 0. The molecule has 6 heteroatoms. The fraction of sp³-hybridized carbons (Fsp3) is 0.850. The highest BCUT2D eigenvalue weighted by Gasteiger charge is 2.66. The summed E-state index contributed by atoms with van der Waals surface area (Å²) in [5, 5.41) is 10.5. The fourth-order valence-electron chi connectivity index (χ4n) is 7.26. The molecular formula is C20H26ClF3O2. The summed E-state index contributed by atoms with van der Waals surface area (Å²) in [5.74, 6) is -0.990. The van der Waals surface area contributed by atoms with Crippen molar-refractivity contribution in [1.29, 1.82) is 0 Å². The Morgan fingerprint density at radius 2 is 1.85 bits per heavy atom. The van der Waals surface area contributed by atoms with E-state index in [4.69, 9.17) is 11.6 Å². The summed E-state index contributed by atoms with van der Waals surface area (Å²) in [7, 11) is 0. The summed E-state index contributed by atoms with van der Waals surface area (Å²) >= 11 is 6.35. The first kappa shape index (κ1) is 18.8. The SMILES string of the molecule is C[C@]12CCC(=O)C(Cl)=C1CC[C@H]1[C@@H]3CC[C@@H](C(F)(F)F)[C@@]3(CO)CC[C@@H]12. The molecule has 2 nitrogen and oxygen atoms in total. The van der Waals surface area contributed by atoms with Gasteiger partial charge in [0.15, 0.2) is 5.78 Å². The largest absolute Gasteiger partial charge is 0.396 e. The van der Waals surface area contributed by atoms with Crippen molar-refractivity contribution in [1.82, 2.24) is 0 Å². The van der Waals surface area contributed by atoms with Crippen molar-refractivity contribution >= 4 is 17.4 Å². The second-order valence-corrected chi connectivity index (χ2v) is 9.53. The fourth-order valence-corrected chi connectivity index (χ4v) is 7.66. The van der Waals surface area contributed by atoms with Crippen LogP contribution in [0.2, 0.25) is 0 Å². The molecule has 0 saturated heterocycles. The lowest BCUT2D eigenvalue weighted by atomic mass is 9.46. The predicted molar refractivity (Wildman–Crippen MR) is 92.5 cm³/mol. The zero-order valence-electron chi connectivity index (χ0n) is 15.0. The zero-order valence-corrected chi connectivity index (χ0v) is 15.8. The number of Topliss-reactive ketones (excluding diaryl/α,β-unsaturated/α-hetero) is 1. The molecule has 0 amide bonds. The Labute approximate surface area is 157 Å². The van der Waals surface area contributed by atoms with E-state index in [1.165, 1.54) is 0 Å². The molecule has 0 bridgehead atoms. The summed E-state index contributed by atoms with van der Waals surface area (Å²) < 4.78 is 41.0. The molecule has 3 saturated carbocycles. The molecule has 0 unspecified atom stereocenters. The van der Waals surface area contributed by atoms with E-state index in [0.717, 1.165) is 18.4 Å². The summed E-state index contributed by atoms with van der Waals surface area (Å²) in [6.07, 6.45) is 0.232. The van der Waals surface area contributed by atoms with Crippen LogP contribution in [0, 0.1) is 34.5 Å². The number of hydrogen-bond acceptors (Lipinski definition) is 2. The summed E-state index contributed by atoms with van der Waals surface area (Å²) in [6.45, 7) is 1.79. The van der Waals surface area contributed by atoms with Gasteiger partial charge in [0, 0.05) is 18.4 Å². The molecule has 0 radical (unpaired) electrons. The molecule has 6 atom stereocenters. The quantitative estimate of drug-likeness (QED) is 0.665. The Hall–Kier alpha value is -0.550. The number of carbonyl (C=O) groups excluding carboxylic acids is 1. The third-order valence-electron chi connectivity index (χ3n) is 8.46. The van der Waals surface area contributed by atoms with E-state index in [1.54, 1.807) is 0 Å². The van der Waals surface area contributed by atoms with E-state index in [1.807, 2.05) is 0 Å². The normalized spacial score (nSPS) is 46.0. The number of fused-ring (bicyclic) bond motifs is 5. The van der Waals surface area contributed by atoms with Gasteiger partial charge in [0.25, 0.3) is 0 Å². The molecule has 3 fully saturated rings. The van der Waals surface area contributed by atoms with Crippen molar-refractivity contribution < 1.29 is 23.1 Å². The molecule has 1 N–H and O–H groups in total. The van der Waals surface area contributed by atoms with Gasteiger partial charge in [0.2, 0.25) is 0 Å². The lowest BCUT2D eigenvalue weighted by molar-refractivity contribution is -0.223. The molecule has 26 heavy (non-hydrogen) atoms. The van der Waals surface area contributed by atoms with Crippen LogP contribution >= 0.6 is 11.6 Å². The van der Waals surface area contributed by atoms with Gasteiger partial charge in [-0.1, -0.05) is 18.5 Å². The number of aliphatic hydroxyl groups excluding tert-OH is 1. The number of hydrogen-bond donors (Lipinski definition) is 1. The molecule has 4 aliphatic rings. The molecule has 4 rings (SSSR count). The number of rotatable bonds is 1. The Balaban J connectivity index is 1.71. The first-order valence-corrected chi connectivity index (χ1v) is 10.1. The Morgan fingerprint density at radius 1 is 1.12 bits per heavy atom. The van der Waals surface area contributed by atoms with Crippen LogP contribution in [0.4, 0.5) is 13.2 Å². The standard InChI is InChI=1S/C20H26ClF3O2/c1-18-8-7-15(26)17(21)14(18)3-2-11-12(18)6-9-19(10-25)13(11)4-5-16(19)20(22,23)24/h11-13,16,25H,2-10H2,1H3/t11-,12+,13+,16-,18-,19-/m1/s1. The van der Waals surface area contributed by atoms with Crippen molar-refractivity contribution in [3.8, 4) is 0 Å². The van der Waals surface area contributed by atoms with E-state index >= 15 is 0 Å². The van der Waals surface area contributed by atoms with Crippen LogP contribution < -0.4 is 0 Å². The van der Waals surface area contributed by atoms with E-state index in [-0.39, 0.29) is 42.0 Å². The molecule has 0 aliphatic heterocycles. The summed E-state index contributed by atoms with van der Waals surface area (Å²) in [5.41, 5.74) is -0.143. The van der Waals surface area contributed by atoms with Crippen LogP contribution in [0.25, 0.3) is 0 Å². The zero-order chi connectivity index (χ0) is 18.9. The number of aliphatic hydroxyl groups is 1. The maximum Gasteiger partial charge on any atom is 0.392 e. The topological polar surface area (TPSA) is 37.3 Å². The van der Waals surface area contributed by atoms with E-state index in [2.05, 4.69) is 6.92 Å². The number of alkyl halides is 3. The Bertz CT molecular complexity index is 658. The monoisotopic (exact) mass is 390 g/mol. The van der Waals surface area contributed by atoms with Crippen LogP contribution in [0.3, 0.4) is 0 Å². The molecule has 0 aromatic rings. The third kappa shape index (κ3) is 2.38. The van der Waals surface area contributed by atoms with Crippen LogP contribution in [0.15, 0.2) is 10.6 Å². The minimum atomic E-state index is -4.24. The first-order chi connectivity index (χ1) is 12.1. The first-order valence-electron chi connectivity index (χ1n) is 9.75. The average molecular weight is 391 g/mol. The number of ketones is 1. The molecule has 4 aliphatic carbocycles. The lowest BCUT2D eigenvalue weighted by Crippen LogP contribution is -2.54. The second-order valence-electron chi connectivity index (χ2n) is 9.15. The van der Waals surface area contributed by atoms with Gasteiger partial charge in [0.05, 0.1) is 11.0 Å². The van der Waals surface area contributed by atoms with Gasteiger partial charge in [-0.15, -0.1) is 0 Å². The minimum Gasteiger partial charge on any atom is -0.396 e. The number of halogens is 4. The van der Waals surface area contributed by atoms with Crippen molar-refractivity contribution in [2.75, 3.05) is 6.61 Å². The highest BCUT2D eigenvalue weighted by molar-refractivity contribution is 6.43. The molecule has 0 aromatic heterocycles. The van der Waals surface area contributed by atoms with Gasteiger partial charge in [-0.25, -0.2) is 0 Å². The molecular weight excluding hydrogens is 365 g/mol. The minimum absolute atomic E-state index is 0.0103. The van der Waals surface area contributed by atoms with Crippen LogP contribution in [-0.2, 0) is 4.79 Å². The van der Waals surface area contributed by atoms with E-state index in [9.17, 15) is 23.1 Å². The van der Waals surface area contributed by atoms with Gasteiger partial charge >= 0.3 is 6.18 Å². The average Bonchev–Trinajstić information content (AvgIpc) is 2.99. The van der Waals surface area contributed by atoms with Crippen molar-refractivity contribution in [3.63, 3.8) is 0 Å². The summed E-state index contributed by atoms with van der Waals surface area (Å²) in [4.78, 5) is 12.0. The van der Waals surface area contributed by atoms with Crippen LogP contribution in [-0.4, -0.2) is 23.7 Å². The lowest BCUT2D eigenvalue weighted by Gasteiger charge is -2.58. The highest BCUT2D eigenvalue weighted by atomic mass is 35.5.